The molecule has 0 saturated carbocycles. The summed E-state index contributed by atoms with van der Waals surface area (Å²) in [5.74, 6) is 0.931. The van der Waals surface area contributed by atoms with E-state index in [2.05, 4.69) is 95.7 Å². The van der Waals surface area contributed by atoms with Crippen molar-refractivity contribution in [3.05, 3.63) is 57.5 Å². The van der Waals surface area contributed by atoms with Crippen LogP contribution in [-0.4, -0.2) is 51.3 Å². The van der Waals surface area contributed by atoms with Gasteiger partial charge in [-0.1, -0.05) is 18.2 Å². The number of anilines is 1. The van der Waals surface area contributed by atoms with Crippen LogP contribution in [0, 0.1) is 13.8 Å². The second-order valence-electron chi connectivity index (χ2n) is 8.78. The molecule has 4 rings (SSSR count). The summed E-state index contributed by atoms with van der Waals surface area (Å²) in [6.45, 7) is 14.8. The van der Waals surface area contributed by atoms with Crippen LogP contribution in [-0.2, 0) is 5.54 Å². The van der Waals surface area contributed by atoms with E-state index in [4.69, 9.17) is 0 Å². The van der Waals surface area contributed by atoms with E-state index in [1.165, 1.54) is 21.7 Å². The number of rotatable bonds is 4. The highest BCUT2D eigenvalue weighted by Crippen LogP contribution is 2.34. The molecule has 0 unspecified atom stereocenters. The third-order valence-electron chi connectivity index (χ3n) is 5.78. The highest BCUT2D eigenvalue weighted by molar-refractivity contribution is 7.10. The van der Waals surface area contributed by atoms with E-state index in [-0.39, 0.29) is 11.6 Å². The quantitative estimate of drug-likeness (QED) is 0.650. The zero-order valence-corrected chi connectivity index (χ0v) is 18.8. The van der Waals surface area contributed by atoms with Gasteiger partial charge in [-0.15, -0.1) is 16.4 Å². The molecular weight excluding hydrogens is 380 g/mol. The number of thiophene rings is 1. The Morgan fingerprint density at radius 2 is 1.76 bits per heavy atom. The second-order valence-corrected chi connectivity index (χ2v) is 9.76. The van der Waals surface area contributed by atoms with E-state index in [1.807, 2.05) is 4.68 Å². The molecule has 1 atom stereocenters. The summed E-state index contributed by atoms with van der Waals surface area (Å²) >= 11 is 1.78. The number of hydrogen-bond acceptors (Lipinski definition) is 6. The highest BCUT2D eigenvalue weighted by atomic mass is 32.1. The largest absolute Gasteiger partial charge is 0.369 e. The molecule has 0 spiro atoms. The Bertz CT molecular complexity index is 948. The first-order chi connectivity index (χ1) is 13.9. The van der Waals surface area contributed by atoms with E-state index in [1.54, 1.807) is 11.3 Å². The van der Waals surface area contributed by atoms with Crippen LogP contribution >= 0.6 is 11.3 Å². The van der Waals surface area contributed by atoms with Gasteiger partial charge in [0.15, 0.2) is 5.82 Å². The van der Waals surface area contributed by atoms with Gasteiger partial charge in [0.2, 0.25) is 0 Å². The number of aromatic nitrogens is 4. The minimum absolute atomic E-state index is 0.0879. The average molecular weight is 411 g/mol. The zero-order valence-electron chi connectivity index (χ0n) is 18.0. The molecule has 1 fully saturated rings. The summed E-state index contributed by atoms with van der Waals surface area (Å²) in [5.41, 5.74) is 3.93. The van der Waals surface area contributed by atoms with E-state index in [9.17, 15) is 0 Å². The Morgan fingerprint density at radius 1 is 1.00 bits per heavy atom. The summed E-state index contributed by atoms with van der Waals surface area (Å²) in [6, 6.07) is 11.0. The van der Waals surface area contributed by atoms with Gasteiger partial charge in [0.1, 0.15) is 6.04 Å². The summed E-state index contributed by atoms with van der Waals surface area (Å²) in [7, 11) is 0. The van der Waals surface area contributed by atoms with Gasteiger partial charge in [0.25, 0.3) is 0 Å². The normalized spacial score (nSPS) is 16.9. The molecule has 0 N–H and O–H groups in total. The third-order valence-corrected chi connectivity index (χ3v) is 6.71. The Morgan fingerprint density at radius 3 is 2.41 bits per heavy atom. The maximum absolute atomic E-state index is 4.47. The Labute approximate surface area is 177 Å². The molecule has 6 nitrogen and oxygen atoms in total. The van der Waals surface area contributed by atoms with Crippen molar-refractivity contribution >= 4 is 17.0 Å². The monoisotopic (exact) mass is 410 g/mol. The van der Waals surface area contributed by atoms with Crippen LogP contribution in [0.15, 0.2) is 35.7 Å². The molecule has 2 aromatic heterocycles. The van der Waals surface area contributed by atoms with Crippen molar-refractivity contribution in [2.24, 2.45) is 0 Å². The van der Waals surface area contributed by atoms with Crippen molar-refractivity contribution in [1.82, 2.24) is 25.1 Å². The molecule has 3 aromatic rings. The fourth-order valence-corrected chi connectivity index (χ4v) is 4.91. The molecule has 1 saturated heterocycles. The van der Waals surface area contributed by atoms with Crippen molar-refractivity contribution in [3.63, 3.8) is 0 Å². The predicted molar refractivity (Wildman–Crippen MR) is 119 cm³/mol. The fraction of sp³-hybridized carbons (Fsp3) is 0.500. The molecule has 0 aliphatic carbocycles. The number of hydrogen-bond donors (Lipinski definition) is 0. The Kier molecular flexibility index (Phi) is 5.44. The van der Waals surface area contributed by atoms with Gasteiger partial charge in [-0.05, 0) is 73.7 Å². The average Bonchev–Trinajstić information content (AvgIpc) is 3.37. The minimum Gasteiger partial charge on any atom is -0.369 e. The Balaban J connectivity index is 1.60. The highest BCUT2D eigenvalue weighted by Gasteiger charge is 2.33. The van der Waals surface area contributed by atoms with E-state index in [0.717, 1.165) is 32.0 Å². The van der Waals surface area contributed by atoms with Crippen LogP contribution in [0.2, 0.25) is 0 Å². The standard InChI is InChI=1S/C22H30N6S/c1-16-8-6-9-18(17(16)2)26-11-13-27(14-12-26)20(19-10-7-15-29-19)21-23-24-25-28(21)22(3,4)5/h6-10,15,20H,11-14H2,1-5H3/t20-/m0/s1. The molecule has 1 aromatic carbocycles. The molecule has 0 bridgehead atoms. The first-order valence-corrected chi connectivity index (χ1v) is 11.1. The first kappa shape index (κ1) is 20.0. The van der Waals surface area contributed by atoms with Crippen LogP contribution in [0.5, 0.6) is 0 Å². The van der Waals surface area contributed by atoms with Crippen LogP contribution in [0.4, 0.5) is 5.69 Å². The predicted octanol–water partition coefficient (Wildman–Crippen LogP) is 4.02. The van der Waals surface area contributed by atoms with E-state index < -0.39 is 0 Å². The number of benzene rings is 1. The molecular formula is C22H30N6S. The lowest BCUT2D eigenvalue weighted by molar-refractivity contribution is 0.194. The lowest BCUT2D eigenvalue weighted by atomic mass is 10.1. The van der Waals surface area contributed by atoms with Crippen molar-refractivity contribution in [2.45, 2.75) is 46.2 Å². The van der Waals surface area contributed by atoms with Crippen LogP contribution in [0.3, 0.4) is 0 Å². The van der Waals surface area contributed by atoms with Gasteiger partial charge in [-0.2, -0.15) is 0 Å². The summed E-state index contributed by atoms with van der Waals surface area (Å²) in [4.78, 5) is 6.34. The van der Waals surface area contributed by atoms with E-state index >= 15 is 0 Å². The van der Waals surface area contributed by atoms with Gasteiger partial charge in [0, 0.05) is 36.7 Å². The second kappa shape index (κ2) is 7.88. The summed E-state index contributed by atoms with van der Waals surface area (Å²) < 4.78 is 1.98. The smallest absolute Gasteiger partial charge is 0.174 e. The fourth-order valence-electron chi connectivity index (χ4n) is 4.06. The van der Waals surface area contributed by atoms with Gasteiger partial charge < -0.3 is 4.90 Å². The zero-order chi connectivity index (χ0) is 20.6. The molecule has 0 radical (unpaired) electrons. The van der Waals surface area contributed by atoms with Gasteiger partial charge in [-0.25, -0.2) is 4.68 Å². The SMILES string of the molecule is Cc1cccc(N2CCN([C@@H](c3cccs3)c3nnnn3C(C)(C)C)CC2)c1C. The van der Waals surface area contributed by atoms with Crippen LogP contribution in [0.25, 0.3) is 0 Å². The topological polar surface area (TPSA) is 50.1 Å². The summed E-state index contributed by atoms with van der Waals surface area (Å²) in [5, 5.41) is 15.0. The van der Waals surface area contributed by atoms with Gasteiger partial charge in [-0.3, -0.25) is 4.90 Å². The van der Waals surface area contributed by atoms with E-state index in [0.29, 0.717) is 0 Å². The van der Waals surface area contributed by atoms with Crippen molar-refractivity contribution in [3.8, 4) is 0 Å². The maximum atomic E-state index is 4.47. The van der Waals surface area contributed by atoms with Crippen LogP contribution < -0.4 is 4.90 Å². The number of nitrogens with zero attached hydrogens (tertiary/aromatic N) is 6. The molecule has 7 heteroatoms. The molecule has 29 heavy (non-hydrogen) atoms. The Hall–Kier alpha value is -2.25. The van der Waals surface area contributed by atoms with Crippen molar-refractivity contribution in [1.29, 1.82) is 0 Å². The summed E-state index contributed by atoms with van der Waals surface area (Å²) in [6.07, 6.45) is 0. The van der Waals surface area contributed by atoms with Gasteiger partial charge >= 0.3 is 0 Å². The van der Waals surface area contributed by atoms with Crippen molar-refractivity contribution < 1.29 is 0 Å². The maximum Gasteiger partial charge on any atom is 0.174 e. The molecule has 154 valence electrons. The molecule has 3 heterocycles. The molecule has 1 aliphatic heterocycles. The molecule has 0 amide bonds. The number of piperazine rings is 1. The first-order valence-electron chi connectivity index (χ1n) is 10.2. The minimum atomic E-state index is -0.158. The van der Waals surface area contributed by atoms with Gasteiger partial charge in [0.05, 0.1) is 5.54 Å². The third kappa shape index (κ3) is 3.94. The number of tetrazole rings is 1. The molecule has 1 aliphatic rings. The van der Waals surface area contributed by atoms with Crippen molar-refractivity contribution in [2.75, 3.05) is 31.1 Å². The lowest BCUT2D eigenvalue weighted by Gasteiger charge is -2.40. The lowest BCUT2D eigenvalue weighted by Crippen LogP contribution is -2.48. The number of aryl methyl sites for hydroxylation is 1. The van der Waals surface area contributed by atoms with Crippen LogP contribution in [0.1, 0.15) is 48.6 Å².